The second-order valence-corrected chi connectivity index (χ2v) is 6.38. The first kappa shape index (κ1) is 22.1. The summed E-state index contributed by atoms with van der Waals surface area (Å²) in [7, 11) is 3.19. The lowest BCUT2D eigenvalue weighted by Gasteiger charge is -2.10. The topological polar surface area (TPSA) is 85.9 Å². The van der Waals surface area contributed by atoms with Crippen LogP contribution in [0.3, 0.4) is 0 Å². The van der Waals surface area contributed by atoms with Crippen LogP contribution in [0.4, 0.5) is 4.79 Å². The van der Waals surface area contributed by atoms with Crippen LogP contribution in [0.2, 0.25) is 0 Å². The molecule has 0 aromatic heterocycles. The predicted octanol–water partition coefficient (Wildman–Crippen LogP) is 3.07. The molecule has 0 atom stereocenters. The van der Waals surface area contributed by atoms with E-state index in [0.717, 1.165) is 11.1 Å². The van der Waals surface area contributed by atoms with Crippen molar-refractivity contribution in [1.29, 1.82) is 0 Å². The number of ether oxygens (including phenoxy) is 3. The Kier molecular flexibility index (Phi) is 9.35. The van der Waals surface area contributed by atoms with Gasteiger partial charge in [0.1, 0.15) is 6.61 Å². The summed E-state index contributed by atoms with van der Waals surface area (Å²) in [5.74, 6) is 1.29. The van der Waals surface area contributed by atoms with Crippen LogP contribution >= 0.6 is 0 Å². The number of hydrogen-bond acceptors (Lipinski definition) is 5. The van der Waals surface area contributed by atoms with Crippen molar-refractivity contribution in [2.75, 3.05) is 27.3 Å². The van der Waals surface area contributed by atoms with Gasteiger partial charge >= 0.3 is 6.09 Å². The van der Waals surface area contributed by atoms with E-state index in [-0.39, 0.29) is 12.5 Å². The zero-order valence-electron chi connectivity index (χ0n) is 16.9. The predicted molar refractivity (Wildman–Crippen MR) is 110 cm³/mol. The molecule has 0 saturated carbocycles. The standard InChI is InChI=1S/C22H28N2O5/c1-27-19-11-10-17(15-20(19)28-2)12-14-23-21(25)9-6-13-24-22(26)29-16-18-7-4-3-5-8-18/h3-5,7-8,10-11,15H,6,9,12-14,16H2,1-2H3,(H,23,25)(H,24,26). The van der Waals surface area contributed by atoms with E-state index < -0.39 is 6.09 Å². The van der Waals surface area contributed by atoms with E-state index in [4.69, 9.17) is 14.2 Å². The number of hydrogen-bond donors (Lipinski definition) is 2. The Balaban J connectivity index is 1.56. The summed E-state index contributed by atoms with van der Waals surface area (Å²) >= 11 is 0. The quantitative estimate of drug-likeness (QED) is 0.566. The maximum absolute atomic E-state index is 11.9. The summed E-state index contributed by atoms with van der Waals surface area (Å²) < 4.78 is 15.6. The smallest absolute Gasteiger partial charge is 0.407 e. The lowest BCUT2D eigenvalue weighted by atomic mass is 10.1. The molecule has 0 heterocycles. The van der Waals surface area contributed by atoms with E-state index in [9.17, 15) is 9.59 Å². The van der Waals surface area contributed by atoms with Gasteiger partial charge in [0, 0.05) is 19.5 Å². The van der Waals surface area contributed by atoms with Gasteiger partial charge in [0.25, 0.3) is 0 Å². The zero-order chi connectivity index (χ0) is 20.9. The lowest BCUT2D eigenvalue weighted by Crippen LogP contribution is -2.28. The first-order chi connectivity index (χ1) is 14.1. The van der Waals surface area contributed by atoms with Crippen LogP contribution in [0.15, 0.2) is 48.5 Å². The van der Waals surface area contributed by atoms with Gasteiger partial charge in [-0.25, -0.2) is 4.79 Å². The largest absolute Gasteiger partial charge is 0.493 e. The van der Waals surface area contributed by atoms with Crippen molar-refractivity contribution in [2.45, 2.75) is 25.9 Å². The molecule has 2 rings (SSSR count). The molecule has 0 aliphatic rings. The maximum atomic E-state index is 11.9. The van der Waals surface area contributed by atoms with Crippen molar-refractivity contribution in [3.63, 3.8) is 0 Å². The molecule has 0 spiro atoms. The van der Waals surface area contributed by atoms with Gasteiger partial charge in [0.2, 0.25) is 5.91 Å². The van der Waals surface area contributed by atoms with Crippen molar-refractivity contribution >= 4 is 12.0 Å². The van der Waals surface area contributed by atoms with Gasteiger partial charge < -0.3 is 24.8 Å². The molecular weight excluding hydrogens is 372 g/mol. The summed E-state index contributed by atoms with van der Waals surface area (Å²) in [6, 6.07) is 15.1. The Morgan fingerprint density at radius 1 is 0.862 bits per heavy atom. The van der Waals surface area contributed by atoms with Crippen LogP contribution in [0.5, 0.6) is 11.5 Å². The molecule has 0 bridgehead atoms. The fourth-order valence-corrected chi connectivity index (χ4v) is 2.68. The summed E-state index contributed by atoms with van der Waals surface area (Å²) in [4.78, 5) is 23.5. The van der Waals surface area contributed by atoms with Crippen LogP contribution < -0.4 is 20.1 Å². The third-order valence-electron chi connectivity index (χ3n) is 4.25. The Labute approximate surface area is 171 Å². The van der Waals surface area contributed by atoms with E-state index in [1.807, 2.05) is 48.5 Å². The second-order valence-electron chi connectivity index (χ2n) is 6.38. The van der Waals surface area contributed by atoms with Gasteiger partial charge in [0.15, 0.2) is 11.5 Å². The van der Waals surface area contributed by atoms with Crippen LogP contribution in [-0.2, 0) is 22.6 Å². The Bertz CT molecular complexity index is 780. The molecule has 0 saturated heterocycles. The Morgan fingerprint density at radius 3 is 2.34 bits per heavy atom. The first-order valence-electron chi connectivity index (χ1n) is 9.54. The van der Waals surface area contributed by atoms with Crippen LogP contribution in [0.25, 0.3) is 0 Å². The summed E-state index contributed by atoms with van der Waals surface area (Å²) in [6.07, 6.45) is 1.09. The van der Waals surface area contributed by atoms with Gasteiger partial charge in [-0.15, -0.1) is 0 Å². The molecule has 2 N–H and O–H groups in total. The van der Waals surface area contributed by atoms with E-state index in [2.05, 4.69) is 10.6 Å². The number of rotatable bonds is 11. The van der Waals surface area contributed by atoms with Gasteiger partial charge in [-0.2, -0.15) is 0 Å². The van der Waals surface area contributed by atoms with Crippen molar-refractivity contribution < 1.29 is 23.8 Å². The average molecular weight is 400 g/mol. The second kappa shape index (κ2) is 12.3. The monoisotopic (exact) mass is 400 g/mol. The minimum Gasteiger partial charge on any atom is -0.493 e. The Morgan fingerprint density at radius 2 is 1.62 bits per heavy atom. The number of benzene rings is 2. The number of carbonyl (C=O) groups is 2. The van der Waals surface area contributed by atoms with Crippen molar-refractivity contribution in [3.05, 3.63) is 59.7 Å². The summed E-state index contributed by atoms with van der Waals surface area (Å²) in [6.45, 7) is 1.14. The molecule has 29 heavy (non-hydrogen) atoms. The highest BCUT2D eigenvalue weighted by molar-refractivity contribution is 5.76. The lowest BCUT2D eigenvalue weighted by molar-refractivity contribution is -0.121. The molecule has 0 fully saturated rings. The molecule has 0 aliphatic carbocycles. The molecule has 7 nitrogen and oxygen atoms in total. The van der Waals surface area contributed by atoms with E-state index >= 15 is 0 Å². The Hall–Kier alpha value is -3.22. The zero-order valence-corrected chi connectivity index (χ0v) is 16.9. The number of methoxy groups -OCH3 is 2. The number of carbonyl (C=O) groups excluding carboxylic acids is 2. The van der Waals surface area contributed by atoms with Crippen molar-refractivity contribution in [1.82, 2.24) is 10.6 Å². The van der Waals surface area contributed by atoms with Crippen LogP contribution in [0, 0.1) is 0 Å². The van der Waals surface area contributed by atoms with Crippen LogP contribution in [-0.4, -0.2) is 39.3 Å². The normalized spacial score (nSPS) is 10.1. The molecule has 0 radical (unpaired) electrons. The highest BCUT2D eigenvalue weighted by atomic mass is 16.5. The number of amides is 2. The molecule has 156 valence electrons. The maximum Gasteiger partial charge on any atom is 0.407 e. The number of alkyl carbamates (subject to hydrolysis) is 1. The first-order valence-corrected chi connectivity index (χ1v) is 9.54. The van der Waals surface area contributed by atoms with Gasteiger partial charge in [0.05, 0.1) is 14.2 Å². The molecule has 0 aliphatic heterocycles. The van der Waals surface area contributed by atoms with Gasteiger partial charge in [-0.3, -0.25) is 4.79 Å². The molecule has 2 aromatic rings. The number of nitrogens with one attached hydrogen (secondary N) is 2. The summed E-state index contributed by atoms with van der Waals surface area (Å²) in [5, 5.41) is 5.52. The summed E-state index contributed by atoms with van der Waals surface area (Å²) in [5.41, 5.74) is 1.97. The molecule has 0 unspecified atom stereocenters. The molecule has 2 aromatic carbocycles. The van der Waals surface area contributed by atoms with Gasteiger partial charge in [-0.1, -0.05) is 36.4 Å². The fourth-order valence-electron chi connectivity index (χ4n) is 2.68. The minimum atomic E-state index is -0.484. The SMILES string of the molecule is COc1ccc(CCNC(=O)CCCNC(=O)OCc2ccccc2)cc1OC. The van der Waals surface area contributed by atoms with Crippen molar-refractivity contribution in [2.24, 2.45) is 0 Å². The fraction of sp³-hybridized carbons (Fsp3) is 0.364. The minimum absolute atomic E-state index is 0.0510. The van der Waals surface area contributed by atoms with E-state index in [0.29, 0.717) is 43.9 Å². The van der Waals surface area contributed by atoms with Crippen molar-refractivity contribution in [3.8, 4) is 11.5 Å². The highest BCUT2D eigenvalue weighted by Crippen LogP contribution is 2.27. The molecule has 7 heteroatoms. The third kappa shape index (κ3) is 8.13. The van der Waals surface area contributed by atoms with Crippen LogP contribution in [0.1, 0.15) is 24.0 Å². The highest BCUT2D eigenvalue weighted by Gasteiger charge is 2.06. The van der Waals surface area contributed by atoms with E-state index in [1.54, 1.807) is 14.2 Å². The molecule has 2 amide bonds. The third-order valence-corrected chi connectivity index (χ3v) is 4.25. The van der Waals surface area contributed by atoms with E-state index in [1.165, 1.54) is 0 Å². The van der Waals surface area contributed by atoms with Gasteiger partial charge in [-0.05, 0) is 36.1 Å². The average Bonchev–Trinajstić information content (AvgIpc) is 2.76. The molecular formula is C22H28N2O5.